The molecule has 0 aliphatic heterocycles. The molecule has 8 heteroatoms. The lowest BCUT2D eigenvalue weighted by Gasteiger charge is -2.09. The van der Waals surface area contributed by atoms with Gasteiger partial charge in [-0.2, -0.15) is 5.10 Å². The van der Waals surface area contributed by atoms with Crippen molar-refractivity contribution in [1.29, 1.82) is 0 Å². The maximum absolute atomic E-state index is 12.0. The zero-order chi connectivity index (χ0) is 16.8. The summed E-state index contributed by atoms with van der Waals surface area (Å²) in [6.45, 7) is 1.41. The molecule has 1 aromatic carbocycles. The fourth-order valence-electron chi connectivity index (χ4n) is 1.92. The maximum atomic E-state index is 12.0. The summed E-state index contributed by atoms with van der Waals surface area (Å²) in [7, 11) is 0. The first-order chi connectivity index (χ1) is 11.0. The second kappa shape index (κ2) is 7.12. The van der Waals surface area contributed by atoms with E-state index in [2.05, 4.69) is 15.8 Å². The highest BCUT2D eigenvalue weighted by Crippen LogP contribution is 2.17. The van der Waals surface area contributed by atoms with Crippen LogP contribution in [-0.2, 0) is 4.79 Å². The first-order valence-corrected chi connectivity index (χ1v) is 6.73. The highest BCUT2D eigenvalue weighted by atomic mass is 16.6. The van der Waals surface area contributed by atoms with Crippen LogP contribution in [0.25, 0.3) is 0 Å². The van der Waals surface area contributed by atoms with Crippen molar-refractivity contribution in [2.24, 2.45) is 5.10 Å². The number of amides is 2. The van der Waals surface area contributed by atoms with E-state index in [9.17, 15) is 19.7 Å². The van der Waals surface area contributed by atoms with Gasteiger partial charge in [-0.05, 0) is 18.2 Å². The van der Waals surface area contributed by atoms with Crippen LogP contribution in [0.2, 0.25) is 0 Å². The number of nitrogens with zero attached hydrogens (tertiary/aromatic N) is 2. The molecule has 0 spiro atoms. The quantitative estimate of drug-likeness (QED) is 0.649. The Labute approximate surface area is 131 Å². The zero-order valence-corrected chi connectivity index (χ0v) is 12.3. The van der Waals surface area contributed by atoms with Crippen LogP contribution in [0.3, 0.4) is 0 Å². The van der Waals surface area contributed by atoms with Crippen LogP contribution < -0.4 is 10.7 Å². The normalized spacial score (nSPS) is 15.0. The molecule has 0 radical (unpaired) electrons. The second-order valence-corrected chi connectivity index (χ2v) is 4.70. The summed E-state index contributed by atoms with van der Waals surface area (Å²) in [4.78, 5) is 33.2. The molecule has 118 valence electrons. The number of allylic oxidation sites excluding steroid dienone is 3. The minimum absolute atomic E-state index is 0.0592. The van der Waals surface area contributed by atoms with Gasteiger partial charge in [0.15, 0.2) is 0 Å². The maximum Gasteiger partial charge on any atom is 0.282 e. The van der Waals surface area contributed by atoms with E-state index in [0.29, 0.717) is 17.8 Å². The highest BCUT2D eigenvalue weighted by molar-refractivity contribution is 6.01. The Hall–Kier alpha value is -3.29. The third kappa shape index (κ3) is 4.34. The molecule has 0 saturated carbocycles. The van der Waals surface area contributed by atoms with E-state index in [0.717, 1.165) is 0 Å². The Morgan fingerprint density at radius 1 is 1.26 bits per heavy atom. The van der Waals surface area contributed by atoms with Gasteiger partial charge < -0.3 is 5.32 Å². The number of hydrazone groups is 1. The summed E-state index contributed by atoms with van der Waals surface area (Å²) >= 11 is 0. The molecule has 8 nitrogen and oxygen atoms in total. The Kier molecular flexibility index (Phi) is 4.98. The molecule has 0 fully saturated rings. The van der Waals surface area contributed by atoms with Crippen molar-refractivity contribution in [3.05, 3.63) is 63.9 Å². The van der Waals surface area contributed by atoms with Crippen LogP contribution in [0.1, 0.15) is 23.7 Å². The monoisotopic (exact) mass is 314 g/mol. The lowest BCUT2D eigenvalue weighted by atomic mass is 10.1. The predicted octanol–water partition coefficient (Wildman–Crippen LogP) is 1.66. The average Bonchev–Trinajstić information content (AvgIpc) is 2.53. The van der Waals surface area contributed by atoms with E-state index in [4.69, 9.17) is 0 Å². The number of rotatable bonds is 4. The largest absolute Gasteiger partial charge is 0.327 e. The molecule has 1 aliphatic rings. The summed E-state index contributed by atoms with van der Waals surface area (Å²) < 4.78 is 0. The molecule has 23 heavy (non-hydrogen) atoms. The first-order valence-electron chi connectivity index (χ1n) is 6.73. The molecule has 0 saturated heterocycles. The van der Waals surface area contributed by atoms with Crippen molar-refractivity contribution >= 4 is 23.2 Å². The van der Waals surface area contributed by atoms with Crippen molar-refractivity contribution in [3.8, 4) is 0 Å². The van der Waals surface area contributed by atoms with Crippen molar-refractivity contribution in [2.75, 3.05) is 0 Å². The third-order valence-electron chi connectivity index (χ3n) is 2.95. The molecule has 1 aromatic rings. The van der Waals surface area contributed by atoms with Gasteiger partial charge >= 0.3 is 0 Å². The fraction of sp³-hybridized carbons (Fsp3) is 0.133. The van der Waals surface area contributed by atoms with Gasteiger partial charge in [0.1, 0.15) is 5.56 Å². The van der Waals surface area contributed by atoms with E-state index >= 15 is 0 Å². The molecule has 2 amide bonds. The van der Waals surface area contributed by atoms with Gasteiger partial charge in [-0.1, -0.05) is 18.2 Å². The summed E-state index contributed by atoms with van der Waals surface area (Å²) in [5.74, 6) is -0.833. The van der Waals surface area contributed by atoms with Crippen LogP contribution in [0.5, 0.6) is 0 Å². The van der Waals surface area contributed by atoms with E-state index in [-0.39, 0.29) is 17.2 Å². The number of nitro groups is 1. The summed E-state index contributed by atoms with van der Waals surface area (Å²) in [5, 5.41) is 17.4. The zero-order valence-electron chi connectivity index (χ0n) is 12.3. The Balaban J connectivity index is 2.03. The van der Waals surface area contributed by atoms with E-state index in [1.807, 2.05) is 0 Å². The van der Waals surface area contributed by atoms with Gasteiger partial charge in [-0.15, -0.1) is 0 Å². The van der Waals surface area contributed by atoms with Gasteiger partial charge in [0.25, 0.3) is 11.6 Å². The molecular weight excluding hydrogens is 300 g/mol. The Bertz CT molecular complexity index is 750. The molecule has 0 heterocycles. The minimum Gasteiger partial charge on any atom is -0.327 e. The number of carbonyl (C=O) groups excluding carboxylic acids is 2. The molecule has 1 aliphatic carbocycles. The second-order valence-electron chi connectivity index (χ2n) is 4.70. The lowest BCUT2D eigenvalue weighted by Crippen LogP contribution is -2.22. The summed E-state index contributed by atoms with van der Waals surface area (Å²) in [5.41, 5.74) is 3.17. The molecule has 0 unspecified atom stereocenters. The van der Waals surface area contributed by atoms with Crippen LogP contribution in [0, 0.1) is 10.1 Å². The van der Waals surface area contributed by atoms with Gasteiger partial charge in [0, 0.05) is 25.1 Å². The predicted molar refractivity (Wildman–Crippen MR) is 83.7 cm³/mol. The summed E-state index contributed by atoms with van der Waals surface area (Å²) in [6.07, 6.45) is 5.46. The average molecular weight is 314 g/mol. The topological polar surface area (TPSA) is 114 Å². The minimum atomic E-state index is -0.658. The molecule has 0 atom stereocenters. The summed E-state index contributed by atoms with van der Waals surface area (Å²) in [6, 6.07) is 5.64. The van der Waals surface area contributed by atoms with E-state index in [1.54, 1.807) is 18.2 Å². The molecule has 2 N–H and O–H groups in total. The van der Waals surface area contributed by atoms with Crippen molar-refractivity contribution in [2.45, 2.75) is 13.3 Å². The number of nitro benzene ring substituents is 1. The number of benzene rings is 1. The van der Waals surface area contributed by atoms with Gasteiger partial charge in [-0.3, -0.25) is 19.7 Å². The molecular formula is C15H14N4O4. The highest BCUT2D eigenvalue weighted by Gasteiger charge is 2.18. The number of hydrogen-bond acceptors (Lipinski definition) is 5. The lowest BCUT2D eigenvalue weighted by molar-refractivity contribution is -0.385. The number of para-hydroxylation sites is 1. The van der Waals surface area contributed by atoms with Gasteiger partial charge in [-0.25, -0.2) is 5.43 Å². The smallest absolute Gasteiger partial charge is 0.282 e. The van der Waals surface area contributed by atoms with E-state index in [1.165, 1.54) is 31.2 Å². The van der Waals surface area contributed by atoms with Crippen LogP contribution in [0.15, 0.2) is 53.3 Å². The van der Waals surface area contributed by atoms with Crippen LogP contribution >= 0.6 is 0 Å². The standard InChI is InChI=1S/C15H14N4O4/c1-10(20)16-11-6-8-12(9-7-11)17-18-15(21)13-4-2-3-5-14(13)19(22)23/h2-8H,9H2,1H3,(H,16,20)(H,18,21). The van der Waals surface area contributed by atoms with Crippen LogP contribution in [0.4, 0.5) is 5.69 Å². The third-order valence-corrected chi connectivity index (χ3v) is 2.95. The molecule has 2 rings (SSSR count). The first kappa shape index (κ1) is 16.1. The van der Waals surface area contributed by atoms with Crippen molar-refractivity contribution < 1.29 is 14.5 Å². The fourth-order valence-corrected chi connectivity index (χ4v) is 1.92. The van der Waals surface area contributed by atoms with Crippen molar-refractivity contribution in [1.82, 2.24) is 10.7 Å². The Morgan fingerprint density at radius 2 is 2.00 bits per heavy atom. The molecule has 0 bridgehead atoms. The number of nitrogens with one attached hydrogen (secondary N) is 2. The van der Waals surface area contributed by atoms with E-state index < -0.39 is 10.8 Å². The van der Waals surface area contributed by atoms with Gasteiger partial charge in [0.05, 0.1) is 10.6 Å². The number of carbonyl (C=O) groups is 2. The van der Waals surface area contributed by atoms with Crippen LogP contribution in [-0.4, -0.2) is 22.4 Å². The van der Waals surface area contributed by atoms with Gasteiger partial charge in [0.2, 0.25) is 5.91 Å². The van der Waals surface area contributed by atoms with Crippen molar-refractivity contribution in [3.63, 3.8) is 0 Å². The molecule has 0 aromatic heterocycles. The Morgan fingerprint density at radius 3 is 2.61 bits per heavy atom. The SMILES string of the molecule is CC(=O)NC1=CCC(=NNC(=O)c2ccccc2[N+](=O)[O-])C=C1. The number of hydrogen-bond donors (Lipinski definition) is 2.